The van der Waals surface area contributed by atoms with E-state index < -0.39 is 0 Å². The first kappa shape index (κ1) is 35.2. The number of benzene rings is 9. The highest BCUT2D eigenvalue weighted by atomic mass is 15.1. The van der Waals surface area contributed by atoms with Gasteiger partial charge in [-0.3, -0.25) is 0 Å². The van der Waals surface area contributed by atoms with Crippen LogP contribution in [0.4, 0.5) is 17.1 Å². The largest absolute Gasteiger partial charge is 0.310 e. The first-order valence-electron chi connectivity index (χ1n) is 20.8. The van der Waals surface area contributed by atoms with Gasteiger partial charge in [0.05, 0.1) is 5.69 Å². The van der Waals surface area contributed by atoms with Crippen LogP contribution in [-0.2, 0) is 10.8 Å². The molecule has 0 aromatic heterocycles. The Kier molecular flexibility index (Phi) is 7.94. The number of hydrogen-bond donors (Lipinski definition) is 0. The van der Waals surface area contributed by atoms with Crippen LogP contribution in [0.25, 0.3) is 66.4 Å². The summed E-state index contributed by atoms with van der Waals surface area (Å²) in [5.74, 6) is 0. The first-order valence-corrected chi connectivity index (χ1v) is 20.8. The predicted molar refractivity (Wildman–Crippen MR) is 250 cm³/mol. The summed E-state index contributed by atoms with van der Waals surface area (Å²) in [5, 5.41) is 2.52. The van der Waals surface area contributed by atoms with Crippen molar-refractivity contribution in [1.29, 1.82) is 0 Å². The van der Waals surface area contributed by atoms with Crippen molar-refractivity contribution in [3.8, 4) is 55.6 Å². The summed E-state index contributed by atoms with van der Waals surface area (Å²) in [4.78, 5) is 2.44. The molecule has 0 aliphatic heterocycles. The quantitative estimate of drug-likeness (QED) is 0.163. The summed E-state index contributed by atoms with van der Waals surface area (Å²) < 4.78 is 0. The third kappa shape index (κ3) is 5.45. The van der Waals surface area contributed by atoms with E-state index in [9.17, 15) is 0 Å². The average Bonchev–Trinajstić information content (AvgIpc) is 3.66. The lowest BCUT2D eigenvalue weighted by molar-refractivity contribution is 0.660. The molecule has 282 valence electrons. The maximum Gasteiger partial charge on any atom is 0.0540 e. The molecule has 0 spiro atoms. The van der Waals surface area contributed by atoms with Gasteiger partial charge in [-0.05, 0) is 119 Å². The average molecular weight is 756 g/mol. The lowest BCUT2D eigenvalue weighted by Gasteiger charge is -2.29. The summed E-state index contributed by atoms with van der Waals surface area (Å²) in [7, 11) is 0. The molecule has 9 aromatic rings. The van der Waals surface area contributed by atoms with Gasteiger partial charge in [-0.2, -0.15) is 0 Å². The van der Waals surface area contributed by atoms with Gasteiger partial charge in [0.2, 0.25) is 0 Å². The topological polar surface area (TPSA) is 3.24 Å². The molecule has 0 amide bonds. The predicted octanol–water partition coefficient (Wildman–Crippen LogP) is 15.9. The fraction of sp³-hybridized carbons (Fsp3) is 0.103. The molecule has 9 aromatic carbocycles. The molecular weight excluding hydrogens is 711 g/mol. The van der Waals surface area contributed by atoms with Crippen LogP contribution in [-0.4, -0.2) is 0 Å². The number of rotatable bonds is 6. The van der Waals surface area contributed by atoms with Crippen molar-refractivity contribution in [2.24, 2.45) is 0 Å². The number of hydrogen-bond acceptors (Lipinski definition) is 1. The third-order valence-corrected chi connectivity index (χ3v) is 13.3. The molecule has 59 heavy (non-hydrogen) atoms. The van der Waals surface area contributed by atoms with E-state index in [1.165, 1.54) is 88.7 Å². The van der Waals surface area contributed by atoms with E-state index >= 15 is 0 Å². The van der Waals surface area contributed by atoms with E-state index in [1.807, 2.05) is 0 Å². The van der Waals surface area contributed by atoms with Crippen LogP contribution in [0.15, 0.2) is 200 Å². The van der Waals surface area contributed by atoms with Gasteiger partial charge in [-0.1, -0.05) is 191 Å². The minimum Gasteiger partial charge on any atom is -0.310 e. The molecule has 0 unspecified atom stereocenters. The molecule has 2 aliphatic rings. The molecule has 0 N–H and O–H groups in total. The highest BCUT2D eigenvalue weighted by Gasteiger charge is 2.37. The molecular formula is C58H45N. The van der Waals surface area contributed by atoms with Crippen molar-refractivity contribution in [3.05, 3.63) is 222 Å². The second-order valence-electron chi connectivity index (χ2n) is 17.3. The van der Waals surface area contributed by atoms with Crippen LogP contribution < -0.4 is 4.90 Å². The zero-order chi connectivity index (χ0) is 39.9. The second-order valence-corrected chi connectivity index (χ2v) is 17.3. The summed E-state index contributed by atoms with van der Waals surface area (Å²) in [6, 6.07) is 74.3. The molecule has 1 heteroatoms. The number of nitrogens with zero attached hydrogens (tertiary/aromatic N) is 1. The maximum atomic E-state index is 2.44. The Morgan fingerprint density at radius 3 is 1.58 bits per heavy atom. The molecule has 1 nitrogen and oxygen atoms in total. The van der Waals surface area contributed by atoms with Crippen molar-refractivity contribution in [1.82, 2.24) is 0 Å². The van der Waals surface area contributed by atoms with Crippen LogP contribution >= 0.6 is 0 Å². The van der Waals surface area contributed by atoms with E-state index in [0.717, 1.165) is 17.1 Å². The molecule has 0 bridgehead atoms. The summed E-state index contributed by atoms with van der Waals surface area (Å²) >= 11 is 0. The highest BCUT2D eigenvalue weighted by Crippen LogP contribution is 2.54. The standard InChI is InChI=1S/C58H45N/c1-57(2)52-24-11-8-20-50(52)56-49(22-14-25-53(56)57)48-19-9-12-26-55(48)59(43-34-29-40(30-35-43)45-21-13-16-39-15-5-6-17-44(39)45)42-32-27-38(28-33-42)41-31-36-47-46-18-7-10-23-51(46)58(3,4)54(47)37-41/h5-37H,1-4H3. The van der Waals surface area contributed by atoms with Gasteiger partial charge in [-0.15, -0.1) is 0 Å². The molecule has 0 fully saturated rings. The number of anilines is 3. The van der Waals surface area contributed by atoms with Crippen molar-refractivity contribution < 1.29 is 0 Å². The Bertz CT molecular complexity index is 3080. The molecule has 0 radical (unpaired) electrons. The van der Waals surface area contributed by atoms with Crippen LogP contribution in [0.1, 0.15) is 49.9 Å². The molecule has 0 saturated carbocycles. The Labute approximate surface area is 347 Å². The van der Waals surface area contributed by atoms with Crippen molar-refractivity contribution in [2.75, 3.05) is 4.90 Å². The van der Waals surface area contributed by atoms with Crippen LogP contribution in [0.5, 0.6) is 0 Å². The van der Waals surface area contributed by atoms with Crippen molar-refractivity contribution in [2.45, 2.75) is 38.5 Å². The third-order valence-electron chi connectivity index (χ3n) is 13.3. The van der Waals surface area contributed by atoms with Gasteiger partial charge in [0.1, 0.15) is 0 Å². The minimum atomic E-state index is -0.0839. The van der Waals surface area contributed by atoms with E-state index in [1.54, 1.807) is 0 Å². The van der Waals surface area contributed by atoms with E-state index in [0.29, 0.717) is 0 Å². The minimum absolute atomic E-state index is 0.0477. The van der Waals surface area contributed by atoms with Gasteiger partial charge in [0.25, 0.3) is 0 Å². The highest BCUT2D eigenvalue weighted by molar-refractivity contribution is 5.99. The van der Waals surface area contributed by atoms with Gasteiger partial charge in [-0.25, -0.2) is 0 Å². The Hall–Kier alpha value is -6.96. The molecule has 2 aliphatic carbocycles. The SMILES string of the molecule is CC1(C)c2ccccc2-c2ccc(-c3ccc(N(c4ccc(-c5cccc6ccccc56)cc4)c4ccccc4-c4cccc5c4-c4ccccc4C5(C)C)cc3)cc21. The van der Waals surface area contributed by atoms with Crippen molar-refractivity contribution in [3.63, 3.8) is 0 Å². The van der Waals surface area contributed by atoms with Crippen LogP contribution in [0, 0.1) is 0 Å². The van der Waals surface area contributed by atoms with Gasteiger partial charge < -0.3 is 4.90 Å². The zero-order valence-electron chi connectivity index (χ0n) is 34.0. The zero-order valence-corrected chi connectivity index (χ0v) is 34.0. The maximum absolute atomic E-state index is 2.44. The van der Waals surface area contributed by atoms with E-state index in [2.05, 4.69) is 233 Å². The normalized spacial score (nSPS) is 14.0. The fourth-order valence-corrected chi connectivity index (χ4v) is 10.3. The molecule has 0 heterocycles. The smallest absolute Gasteiger partial charge is 0.0540 e. The van der Waals surface area contributed by atoms with E-state index in [4.69, 9.17) is 0 Å². The van der Waals surface area contributed by atoms with E-state index in [-0.39, 0.29) is 10.8 Å². The lowest BCUT2D eigenvalue weighted by Crippen LogP contribution is -2.15. The Morgan fingerprint density at radius 1 is 0.322 bits per heavy atom. The molecule has 0 saturated heterocycles. The monoisotopic (exact) mass is 755 g/mol. The number of para-hydroxylation sites is 1. The Morgan fingerprint density at radius 2 is 0.814 bits per heavy atom. The first-order chi connectivity index (χ1) is 28.8. The summed E-state index contributed by atoms with van der Waals surface area (Å²) in [5.41, 5.74) is 21.5. The summed E-state index contributed by atoms with van der Waals surface area (Å²) in [6.07, 6.45) is 0. The molecule has 11 rings (SSSR count). The van der Waals surface area contributed by atoms with Gasteiger partial charge >= 0.3 is 0 Å². The lowest BCUT2D eigenvalue weighted by atomic mass is 9.81. The fourth-order valence-electron chi connectivity index (χ4n) is 10.3. The second kappa shape index (κ2) is 13.3. The van der Waals surface area contributed by atoms with Gasteiger partial charge in [0.15, 0.2) is 0 Å². The van der Waals surface area contributed by atoms with Crippen LogP contribution in [0.2, 0.25) is 0 Å². The Balaban J connectivity index is 1.05. The van der Waals surface area contributed by atoms with Crippen LogP contribution in [0.3, 0.4) is 0 Å². The van der Waals surface area contributed by atoms with Gasteiger partial charge in [0, 0.05) is 27.8 Å². The number of fused-ring (bicyclic) bond motifs is 7. The molecule has 0 atom stereocenters. The van der Waals surface area contributed by atoms with Crippen molar-refractivity contribution >= 4 is 27.8 Å². The summed E-state index contributed by atoms with van der Waals surface area (Å²) in [6.45, 7) is 9.43.